The van der Waals surface area contributed by atoms with Crippen LogP contribution in [-0.2, 0) is 19.1 Å². The molecule has 112 valence electrons. The highest BCUT2D eigenvalue weighted by molar-refractivity contribution is 5.72. The SMILES string of the molecule is CC(C)COC(=O)CCCC(=O)OC(C)C(F)(F)F. The summed E-state index contributed by atoms with van der Waals surface area (Å²) in [6.45, 7) is 4.80. The summed E-state index contributed by atoms with van der Waals surface area (Å²) in [5.74, 6) is -1.23. The van der Waals surface area contributed by atoms with Crippen molar-refractivity contribution in [1.82, 2.24) is 0 Å². The Hall–Kier alpha value is -1.27. The minimum atomic E-state index is -4.56. The van der Waals surface area contributed by atoms with Gasteiger partial charge in [0, 0.05) is 12.8 Å². The molecule has 0 heterocycles. The van der Waals surface area contributed by atoms with E-state index in [2.05, 4.69) is 4.74 Å². The van der Waals surface area contributed by atoms with Gasteiger partial charge in [-0.1, -0.05) is 13.8 Å². The van der Waals surface area contributed by atoms with Crippen molar-refractivity contribution in [2.45, 2.75) is 52.3 Å². The van der Waals surface area contributed by atoms with E-state index in [4.69, 9.17) is 4.74 Å². The average Bonchev–Trinajstić information content (AvgIpc) is 2.24. The summed E-state index contributed by atoms with van der Waals surface area (Å²) in [4.78, 5) is 22.2. The number of rotatable bonds is 7. The predicted molar refractivity (Wildman–Crippen MR) is 61.3 cm³/mol. The summed E-state index contributed by atoms with van der Waals surface area (Å²) in [7, 11) is 0. The van der Waals surface area contributed by atoms with E-state index in [1.807, 2.05) is 13.8 Å². The van der Waals surface area contributed by atoms with Crippen LogP contribution in [0.25, 0.3) is 0 Å². The van der Waals surface area contributed by atoms with Gasteiger partial charge >= 0.3 is 18.1 Å². The van der Waals surface area contributed by atoms with Crippen LogP contribution in [0, 0.1) is 5.92 Å². The van der Waals surface area contributed by atoms with Crippen LogP contribution in [0.5, 0.6) is 0 Å². The fourth-order valence-corrected chi connectivity index (χ4v) is 1.03. The molecule has 0 aliphatic carbocycles. The fraction of sp³-hybridized carbons (Fsp3) is 0.833. The first-order chi connectivity index (χ1) is 8.62. The van der Waals surface area contributed by atoms with Gasteiger partial charge in [-0.25, -0.2) is 0 Å². The summed E-state index contributed by atoms with van der Waals surface area (Å²) >= 11 is 0. The van der Waals surface area contributed by atoms with Crippen molar-refractivity contribution < 1.29 is 32.2 Å². The van der Waals surface area contributed by atoms with Crippen molar-refractivity contribution >= 4 is 11.9 Å². The lowest BCUT2D eigenvalue weighted by Crippen LogP contribution is -2.30. The molecule has 19 heavy (non-hydrogen) atoms. The van der Waals surface area contributed by atoms with Gasteiger partial charge in [0.2, 0.25) is 0 Å². The highest BCUT2D eigenvalue weighted by atomic mass is 19.4. The quantitative estimate of drug-likeness (QED) is 0.675. The molecule has 7 heteroatoms. The van der Waals surface area contributed by atoms with E-state index in [-0.39, 0.29) is 31.8 Å². The fourth-order valence-electron chi connectivity index (χ4n) is 1.03. The first kappa shape index (κ1) is 17.7. The Bertz CT molecular complexity index is 300. The zero-order valence-corrected chi connectivity index (χ0v) is 11.3. The Balaban J connectivity index is 3.78. The molecule has 0 rings (SSSR count). The molecule has 0 aliphatic rings. The maximum Gasteiger partial charge on any atom is 0.425 e. The Kier molecular flexibility index (Phi) is 7.48. The maximum atomic E-state index is 12.1. The molecule has 0 bridgehead atoms. The van der Waals surface area contributed by atoms with E-state index >= 15 is 0 Å². The number of ether oxygens (including phenoxy) is 2. The summed E-state index contributed by atoms with van der Waals surface area (Å²) in [5.41, 5.74) is 0. The van der Waals surface area contributed by atoms with E-state index in [1.54, 1.807) is 0 Å². The van der Waals surface area contributed by atoms with E-state index in [1.165, 1.54) is 0 Å². The standard InChI is InChI=1S/C12H19F3O4/c1-8(2)7-18-10(16)5-4-6-11(17)19-9(3)12(13,14)15/h8-9H,4-7H2,1-3H3. The van der Waals surface area contributed by atoms with Crippen molar-refractivity contribution in [3.8, 4) is 0 Å². The second-order valence-corrected chi connectivity index (χ2v) is 4.60. The highest BCUT2D eigenvalue weighted by Crippen LogP contribution is 2.22. The van der Waals surface area contributed by atoms with Gasteiger partial charge in [0.25, 0.3) is 0 Å². The van der Waals surface area contributed by atoms with Crippen molar-refractivity contribution in [3.05, 3.63) is 0 Å². The molecule has 0 radical (unpaired) electrons. The lowest BCUT2D eigenvalue weighted by Gasteiger charge is -2.16. The number of carbonyl (C=O) groups excluding carboxylic acids is 2. The Labute approximate surface area is 110 Å². The van der Waals surface area contributed by atoms with Crippen LogP contribution in [0.3, 0.4) is 0 Å². The third-order valence-electron chi connectivity index (χ3n) is 2.11. The number of esters is 2. The maximum absolute atomic E-state index is 12.1. The van der Waals surface area contributed by atoms with Crippen LogP contribution >= 0.6 is 0 Å². The van der Waals surface area contributed by atoms with Gasteiger partial charge < -0.3 is 9.47 Å². The molecule has 0 N–H and O–H groups in total. The third kappa shape index (κ3) is 9.32. The Morgan fingerprint density at radius 1 is 1.05 bits per heavy atom. The van der Waals surface area contributed by atoms with Crippen LogP contribution < -0.4 is 0 Å². The van der Waals surface area contributed by atoms with Gasteiger partial charge in [0.1, 0.15) is 0 Å². The number of hydrogen-bond acceptors (Lipinski definition) is 4. The summed E-state index contributed by atoms with van der Waals surface area (Å²) in [6.07, 6.45) is -6.83. The van der Waals surface area contributed by atoms with E-state index in [0.29, 0.717) is 0 Å². The summed E-state index contributed by atoms with van der Waals surface area (Å²) in [5, 5.41) is 0. The lowest BCUT2D eigenvalue weighted by atomic mass is 10.2. The molecule has 0 aromatic heterocycles. The molecule has 0 aliphatic heterocycles. The van der Waals surface area contributed by atoms with Crippen LogP contribution in [0.1, 0.15) is 40.0 Å². The molecule has 0 spiro atoms. The molecule has 1 unspecified atom stereocenters. The number of alkyl halides is 3. The largest absolute Gasteiger partial charge is 0.465 e. The second-order valence-electron chi connectivity index (χ2n) is 4.60. The highest BCUT2D eigenvalue weighted by Gasteiger charge is 2.38. The lowest BCUT2D eigenvalue weighted by molar-refractivity contribution is -0.216. The van der Waals surface area contributed by atoms with Gasteiger partial charge in [0.05, 0.1) is 6.61 Å². The number of hydrogen-bond donors (Lipinski definition) is 0. The predicted octanol–water partition coefficient (Wildman–Crippen LogP) is 2.85. The Morgan fingerprint density at radius 3 is 2.05 bits per heavy atom. The summed E-state index contributed by atoms with van der Waals surface area (Å²) < 4.78 is 45.3. The minimum Gasteiger partial charge on any atom is -0.465 e. The van der Waals surface area contributed by atoms with Crippen molar-refractivity contribution in [2.75, 3.05) is 6.61 Å². The number of carbonyl (C=O) groups is 2. The molecular formula is C12H19F3O4. The van der Waals surface area contributed by atoms with Crippen molar-refractivity contribution in [2.24, 2.45) is 5.92 Å². The molecule has 4 nitrogen and oxygen atoms in total. The molecule has 0 aromatic carbocycles. The van der Waals surface area contributed by atoms with Gasteiger partial charge in [0.15, 0.2) is 6.10 Å². The van der Waals surface area contributed by atoms with Gasteiger partial charge in [-0.15, -0.1) is 0 Å². The second kappa shape index (κ2) is 8.01. The topological polar surface area (TPSA) is 52.6 Å². The van der Waals surface area contributed by atoms with Gasteiger partial charge in [-0.05, 0) is 19.3 Å². The van der Waals surface area contributed by atoms with E-state index in [0.717, 1.165) is 6.92 Å². The monoisotopic (exact) mass is 284 g/mol. The zero-order valence-electron chi connectivity index (χ0n) is 11.3. The zero-order chi connectivity index (χ0) is 15.1. The molecule has 0 fully saturated rings. The molecular weight excluding hydrogens is 265 g/mol. The molecule has 1 atom stereocenters. The van der Waals surface area contributed by atoms with Crippen LogP contribution in [0.4, 0.5) is 13.2 Å². The molecule has 0 amide bonds. The third-order valence-corrected chi connectivity index (χ3v) is 2.11. The Morgan fingerprint density at radius 2 is 1.58 bits per heavy atom. The van der Waals surface area contributed by atoms with Crippen LogP contribution in [0.2, 0.25) is 0 Å². The molecule has 0 saturated carbocycles. The van der Waals surface area contributed by atoms with E-state index in [9.17, 15) is 22.8 Å². The normalized spacial score (nSPS) is 13.2. The van der Waals surface area contributed by atoms with Gasteiger partial charge in [-0.3, -0.25) is 9.59 Å². The first-order valence-electron chi connectivity index (χ1n) is 6.04. The number of halogens is 3. The van der Waals surface area contributed by atoms with Crippen LogP contribution in [-0.4, -0.2) is 30.8 Å². The first-order valence-corrected chi connectivity index (χ1v) is 6.04. The van der Waals surface area contributed by atoms with Crippen LogP contribution in [0.15, 0.2) is 0 Å². The van der Waals surface area contributed by atoms with E-state index < -0.39 is 24.2 Å². The smallest absolute Gasteiger partial charge is 0.425 e. The molecule has 0 saturated heterocycles. The average molecular weight is 284 g/mol. The van der Waals surface area contributed by atoms with Crippen molar-refractivity contribution in [1.29, 1.82) is 0 Å². The molecule has 0 aromatic rings. The summed E-state index contributed by atoms with van der Waals surface area (Å²) in [6, 6.07) is 0. The van der Waals surface area contributed by atoms with Crippen molar-refractivity contribution in [3.63, 3.8) is 0 Å². The minimum absolute atomic E-state index is 0.0117. The van der Waals surface area contributed by atoms with Gasteiger partial charge in [-0.2, -0.15) is 13.2 Å².